The number of benzene rings is 1. The van der Waals surface area contributed by atoms with E-state index < -0.39 is 11.7 Å². The summed E-state index contributed by atoms with van der Waals surface area (Å²) in [7, 11) is 0. The second-order valence-corrected chi connectivity index (χ2v) is 3.33. The number of alkyl halides is 3. The van der Waals surface area contributed by atoms with Crippen LogP contribution in [-0.2, 0) is 12.8 Å². The van der Waals surface area contributed by atoms with E-state index >= 15 is 0 Å². The van der Waals surface area contributed by atoms with Gasteiger partial charge in [-0.15, -0.1) is 5.10 Å². The lowest BCUT2D eigenvalue weighted by atomic mass is 10.1. The minimum absolute atomic E-state index is 0.118. The molecule has 1 aromatic heterocycles. The fraction of sp³-hybridized carbons (Fsp3) is 0.200. The van der Waals surface area contributed by atoms with Crippen LogP contribution in [-0.4, -0.2) is 20.1 Å². The van der Waals surface area contributed by atoms with E-state index in [-0.39, 0.29) is 18.0 Å². The SMILES string of the molecule is OCc1cn(-c2ccccc2C(F)(F)F)nn1. The molecular weight excluding hydrogens is 235 g/mol. The summed E-state index contributed by atoms with van der Waals surface area (Å²) < 4.78 is 39.1. The van der Waals surface area contributed by atoms with Crippen LogP contribution in [0.3, 0.4) is 0 Å². The van der Waals surface area contributed by atoms with Gasteiger partial charge in [-0.05, 0) is 12.1 Å². The van der Waals surface area contributed by atoms with Crippen LogP contribution >= 0.6 is 0 Å². The zero-order valence-electron chi connectivity index (χ0n) is 8.52. The summed E-state index contributed by atoms with van der Waals surface area (Å²) in [5, 5.41) is 15.9. The van der Waals surface area contributed by atoms with Crippen LogP contribution in [0.4, 0.5) is 13.2 Å². The smallest absolute Gasteiger partial charge is 0.390 e. The number of aliphatic hydroxyl groups excluding tert-OH is 1. The molecule has 90 valence electrons. The highest BCUT2D eigenvalue weighted by Crippen LogP contribution is 2.33. The molecule has 0 atom stereocenters. The van der Waals surface area contributed by atoms with E-state index in [0.29, 0.717) is 0 Å². The number of hydrogen-bond acceptors (Lipinski definition) is 3. The molecule has 1 aromatic carbocycles. The van der Waals surface area contributed by atoms with Gasteiger partial charge in [0.15, 0.2) is 0 Å². The lowest BCUT2D eigenvalue weighted by molar-refractivity contribution is -0.137. The molecule has 0 unspecified atom stereocenters. The third-order valence-corrected chi connectivity index (χ3v) is 2.16. The molecule has 0 bridgehead atoms. The van der Waals surface area contributed by atoms with Gasteiger partial charge in [0.05, 0.1) is 24.1 Å². The second kappa shape index (κ2) is 4.17. The summed E-state index contributed by atoms with van der Waals surface area (Å²) in [5.41, 5.74) is -0.705. The highest BCUT2D eigenvalue weighted by Gasteiger charge is 2.33. The van der Waals surface area contributed by atoms with Crippen LogP contribution in [0.15, 0.2) is 30.5 Å². The van der Waals surface area contributed by atoms with Crippen molar-refractivity contribution >= 4 is 0 Å². The molecule has 0 fully saturated rings. The molecule has 1 N–H and O–H groups in total. The zero-order valence-corrected chi connectivity index (χ0v) is 8.52. The number of hydrogen-bond donors (Lipinski definition) is 1. The fourth-order valence-electron chi connectivity index (χ4n) is 1.40. The molecule has 4 nitrogen and oxygen atoms in total. The van der Waals surface area contributed by atoms with Gasteiger partial charge in [0.2, 0.25) is 0 Å². The molecule has 0 aliphatic heterocycles. The first-order chi connectivity index (χ1) is 8.02. The van der Waals surface area contributed by atoms with Crippen LogP contribution in [0, 0.1) is 0 Å². The normalized spacial score (nSPS) is 11.8. The largest absolute Gasteiger partial charge is 0.418 e. The lowest BCUT2D eigenvalue weighted by Crippen LogP contribution is -2.10. The molecule has 1 heterocycles. The Morgan fingerprint density at radius 1 is 1.24 bits per heavy atom. The Morgan fingerprint density at radius 2 is 1.94 bits per heavy atom. The minimum atomic E-state index is -4.46. The first-order valence-corrected chi connectivity index (χ1v) is 4.71. The Bertz CT molecular complexity index is 522. The van der Waals surface area contributed by atoms with E-state index in [9.17, 15) is 13.2 Å². The van der Waals surface area contributed by atoms with Crippen LogP contribution in [0.1, 0.15) is 11.3 Å². The van der Waals surface area contributed by atoms with E-state index in [4.69, 9.17) is 5.11 Å². The van der Waals surface area contributed by atoms with Gasteiger partial charge in [0.25, 0.3) is 0 Å². The standard InChI is InChI=1S/C10H8F3N3O/c11-10(12,13)8-3-1-2-4-9(8)16-5-7(6-17)14-15-16/h1-5,17H,6H2. The molecule has 0 saturated carbocycles. The lowest BCUT2D eigenvalue weighted by Gasteiger charge is -2.11. The van der Waals surface area contributed by atoms with Crippen molar-refractivity contribution in [2.75, 3.05) is 0 Å². The first-order valence-electron chi connectivity index (χ1n) is 4.71. The number of aromatic nitrogens is 3. The van der Waals surface area contributed by atoms with E-state index in [1.165, 1.54) is 24.4 Å². The second-order valence-electron chi connectivity index (χ2n) is 3.33. The molecule has 0 aliphatic carbocycles. The molecule has 2 aromatic rings. The molecule has 0 spiro atoms. The monoisotopic (exact) mass is 243 g/mol. The van der Waals surface area contributed by atoms with E-state index in [0.717, 1.165) is 10.7 Å². The molecule has 2 rings (SSSR count). The number of halogens is 3. The van der Waals surface area contributed by atoms with Crippen LogP contribution < -0.4 is 0 Å². The Balaban J connectivity index is 2.52. The van der Waals surface area contributed by atoms with Crippen molar-refractivity contribution in [2.24, 2.45) is 0 Å². The van der Waals surface area contributed by atoms with E-state index in [1.54, 1.807) is 0 Å². The first kappa shape index (κ1) is 11.6. The van der Waals surface area contributed by atoms with Crippen LogP contribution in [0.25, 0.3) is 5.69 Å². The summed E-state index contributed by atoms with van der Waals surface area (Å²) >= 11 is 0. The van der Waals surface area contributed by atoms with Crippen molar-refractivity contribution in [3.63, 3.8) is 0 Å². The Labute approximate surface area is 94.3 Å². The van der Waals surface area contributed by atoms with Gasteiger partial charge >= 0.3 is 6.18 Å². The quantitative estimate of drug-likeness (QED) is 0.874. The predicted octanol–water partition coefficient (Wildman–Crippen LogP) is 1.78. The number of aliphatic hydroxyl groups is 1. The van der Waals surface area contributed by atoms with Crippen LogP contribution in [0.2, 0.25) is 0 Å². The highest BCUT2D eigenvalue weighted by atomic mass is 19.4. The average Bonchev–Trinajstić information content (AvgIpc) is 2.76. The van der Waals surface area contributed by atoms with Gasteiger partial charge in [-0.2, -0.15) is 13.2 Å². The number of rotatable bonds is 2. The summed E-state index contributed by atoms with van der Waals surface area (Å²) in [5.74, 6) is 0. The predicted molar refractivity (Wildman–Crippen MR) is 52.3 cm³/mol. The van der Waals surface area contributed by atoms with Crippen LogP contribution in [0.5, 0.6) is 0 Å². The van der Waals surface area contributed by atoms with Crippen molar-refractivity contribution in [2.45, 2.75) is 12.8 Å². The number of nitrogens with zero attached hydrogens (tertiary/aromatic N) is 3. The molecule has 0 saturated heterocycles. The Morgan fingerprint density at radius 3 is 2.53 bits per heavy atom. The molecule has 17 heavy (non-hydrogen) atoms. The highest BCUT2D eigenvalue weighted by molar-refractivity contribution is 5.42. The molecule has 0 radical (unpaired) electrons. The van der Waals surface area contributed by atoms with Crippen molar-refractivity contribution < 1.29 is 18.3 Å². The zero-order chi connectivity index (χ0) is 12.5. The maximum atomic E-state index is 12.7. The summed E-state index contributed by atoms with van der Waals surface area (Å²) in [6, 6.07) is 5.04. The molecular formula is C10H8F3N3O. The maximum Gasteiger partial charge on any atom is 0.418 e. The molecule has 7 heteroatoms. The summed E-state index contributed by atoms with van der Waals surface area (Å²) in [4.78, 5) is 0. The average molecular weight is 243 g/mol. The Kier molecular flexibility index (Phi) is 2.84. The van der Waals surface area contributed by atoms with Gasteiger partial charge < -0.3 is 5.11 Å². The van der Waals surface area contributed by atoms with E-state index in [1.807, 2.05) is 0 Å². The van der Waals surface area contributed by atoms with Gasteiger partial charge in [-0.3, -0.25) is 0 Å². The summed E-state index contributed by atoms with van der Waals surface area (Å²) in [6.45, 7) is -0.367. The molecule has 0 amide bonds. The minimum Gasteiger partial charge on any atom is -0.390 e. The maximum absolute atomic E-state index is 12.7. The van der Waals surface area contributed by atoms with Gasteiger partial charge in [0, 0.05) is 0 Å². The van der Waals surface area contributed by atoms with Gasteiger partial charge in [-0.1, -0.05) is 17.3 Å². The van der Waals surface area contributed by atoms with Crippen molar-refractivity contribution in [3.8, 4) is 5.69 Å². The Hall–Kier alpha value is -1.89. The van der Waals surface area contributed by atoms with Crippen molar-refractivity contribution in [3.05, 3.63) is 41.7 Å². The van der Waals surface area contributed by atoms with Crippen molar-refractivity contribution in [1.29, 1.82) is 0 Å². The summed E-state index contributed by atoms with van der Waals surface area (Å²) in [6.07, 6.45) is -3.20. The van der Waals surface area contributed by atoms with E-state index in [2.05, 4.69) is 10.3 Å². The number of para-hydroxylation sites is 1. The fourth-order valence-corrected chi connectivity index (χ4v) is 1.40. The topological polar surface area (TPSA) is 50.9 Å². The third-order valence-electron chi connectivity index (χ3n) is 2.16. The van der Waals surface area contributed by atoms with Gasteiger partial charge in [-0.25, -0.2) is 4.68 Å². The van der Waals surface area contributed by atoms with Gasteiger partial charge in [0.1, 0.15) is 5.69 Å². The molecule has 0 aliphatic rings. The van der Waals surface area contributed by atoms with Crippen molar-refractivity contribution in [1.82, 2.24) is 15.0 Å². The third kappa shape index (κ3) is 2.28.